The van der Waals surface area contributed by atoms with Gasteiger partial charge in [0, 0.05) is 25.2 Å². The second-order valence-electron chi connectivity index (χ2n) is 6.50. The van der Waals surface area contributed by atoms with Crippen molar-refractivity contribution in [1.82, 2.24) is 4.72 Å². The molecule has 28 heavy (non-hydrogen) atoms. The zero-order chi connectivity index (χ0) is 20.3. The second-order valence-corrected chi connectivity index (χ2v) is 8.39. The van der Waals surface area contributed by atoms with E-state index in [4.69, 9.17) is 0 Å². The quantitative estimate of drug-likeness (QED) is 0.563. The van der Waals surface area contributed by atoms with Crippen molar-refractivity contribution in [2.45, 2.75) is 23.8 Å². The van der Waals surface area contributed by atoms with Crippen molar-refractivity contribution in [2.75, 3.05) is 30.4 Å². The number of hydrogen-bond donors (Lipinski definition) is 2. The Hall–Kier alpha value is -2.72. The molecule has 1 fully saturated rings. The minimum absolute atomic E-state index is 0.0520. The van der Waals surface area contributed by atoms with Gasteiger partial charge in [0.05, 0.1) is 15.5 Å². The van der Waals surface area contributed by atoms with Gasteiger partial charge in [-0.15, -0.1) is 0 Å². The average Bonchev–Trinajstić information content (AvgIpc) is 2.70. The van der Waals surface area contributed by atoms with E-state index in [0.717, 1.165) is 6.07 Å². The number of halogens is 1. The van der Waals surface area contributed by atoms with Crippen molar-refractivity contribution >= 4 is 27.1 Å². The number of nitrogens with zero attached hydrogens (tertiary/aromatic N) is 2. The molecule has 0 spiro atoms. The number of anilines is 2. The van der Waals surface area contributed by atoms with Crippen LogP contribution in [0.5, 0.6) is 0 Å². The van der Waals surface area contributed by atoms with Gasteiger partial charge in [-0.3, -0.25) is 10.1 Å². The molecule has 0 bridgehead atoms. The summed E-state index contributed by atoms with van der Waals surface area (Å²) in [5, 5.41) is 14.7. The molecular weight excluding hydrogens is 387 g/mol. The molecule has 2 aromatic carbocycles. The minimum Gasteiger partial charge on any atom is -0.380 e. The molecule has 2 N–H and O–H groups in total. The first-order valence-corrected chi connectivity index (χ1v) is 10.3. The van der Waals surface area contributed by atoms with E-state index in [9.17, 15) is 22.9 Å². The molecular formula is C18H21FN4O4S. The Morgan fingerprint density at radius 3 is 2.46 bits per heavy atom. The van der Waals surface area contributed by atoms with Gasteiger partial charge < -0.3 is 10.2 Å². The van der Waals surface area contributed by atoms with Gasteiger partial charge >= 0.3 is 0 Å². The molecule has 1 saturated heterocycles. The molecule has 1 heterocycles. The van der Waals surface area contributed by atoms with Crippen molar-refractivity contribution < 1.29 is 17.7 Å². The van der Waals surface area contributed by atoms with Crippen molar-refractivity contribution in [3.63, 3.8) is 0 Å². The van der Waals surface area contributed by atoms with E-state index in [2.05, 4.69) is 10.0 Å². The Labute approximate surface area is 162 Å². The average molecular weight is 408 g/mol. The van der Waals surface area contributed by atoms with Crippen molar-refractivity contribution in [1.29, 1.82) is 0 Å². The van der Waals surface area contributed by atoms with Gasteiger partial charge in [0.1, 0.15) is 11.5 Å². The maximum Gasteiger partial charge on any atom is 0.293 e. The normalized spacial score (nSPS) is 15.4. The minimum atomic E-state index is -3.77. The first-order chi connectivity index (χ1) is 13.3. The van der Waals surface area contributed by atoms with Crippen LogP contribution in [-0.2, 0) is 10.0 Å². The van der Waals surface area contributed by atoms with Crippen LogP contribution in [0.1, 0.15) is 12.8 Å². The summed E-state index contributed by atoms with van der Waals surface area (Å²) in [6.45, 7) is 1.07. The van der Waals surface area contributed by atoms with E-state index in [-0.39, 0.29) is 22.4 Å². The van der Waals surface area contributed by atoms with Crippen LogP contribution in [0.2, 0.25) is 0 Å². The summed E-state index contributed by atoms with van der Waals surface area (Å²) >= 11 is 0. The summed E-state index contributed by atoms with van der Waals surface area (Å²) in [4.78, 5) is 12.6. The number of para-hydroxylation sites is 1. The molecule has 0 atom stereocenters. The number of rotatable bonds is 6. The lowest BCUT2D eigenvalue weighted by Gasteiger charge is -2.34. The molecule has 0 amide bonds. The number of nitrogens with one attached hydrogen (secondary N) is 2. The van der Waals surface area contributed by atoms with Crippen LogP contribution in [-0.4, -0.2) is 39.5 Å². The lowest BCUT2D eigenvalue weighted by atomic mass is 10.0. The van der Waals surface area contributed by atoms with Gasteiger partial charge in [-0.1, -0.05) is 12.1 Å². The van der Waals surface area contributed by atoms with Gasteiger partial charge in [-0.2, -0.15) is 0 Å². The van der Waals surface area contributed by atoms with E-state index in [1.807, 2.05) is 4.90 Å². The number of nitro groups is 1. The molecule has 2 aromatic rings. The fourth-order valence-corrected chi connectivity index (χ4v) is 4.01. The molecule has 1 aliphatic heterocycles. The van der Waals surface area contributed by atoms with Gasteiger partial charge in [-0.25, -0.2) is 17.5 Å². The van der Waals surface area contributed by atoms with Crippen LogP contribution in [0.15, 0.2) is 47.4 Å². The highest BCUT2D eigenvalue weighted by Gasteiger charge is 2.27. The summed E-state index contributed by atoms with van der Waals surface area (Å²) < 4.78 is 39.8. The number of hydrogen-bond acceptors (Lipinski definition) is 6. The number of piperidine rings is 1. The third-order valence-electron chi connectivity index (χ3n) is 4.79. The maximum atomic E-state index is 13.8. The summed E-state index contributed by atoms with van der Waals surface area (Å²) in [7, 11) is -2.52. The van der Waals surface area contributed by atoms with Gasteiger partial charge in [0.2, 0.25) is 10.0 Å². The molecule has 0 aliphatic carbocycles. The highest BCUT2D eigenvalue weighted by Crippen LogP contribution is 2.33. The Morgan fingerprint density at radius 1 is 1.18 bits per heavy atom. The molecule has 0 unspecified atom stereocenters. The molecule has 10 heteroatoms. The Bertz CT molecular complexity index is 975. The summed E-state index contributed by atoms with van der Waals surface area (Å²) in [6.07, 6.45) is 1.34. The highest BCUT2D eigenvalue weighted by atomic mass is 32.2. The lowest BCUT2D eigenvalue weighted by Crippen LogP contribution is -2.39. The zero-order valence-electron chi connectivity index (χ0n) is 15.3. The third-order valence-corrected chi connectivity index (χ3v) is 6.20. The SMILES string of the molecule is CNS(=O)(=O)c1ccc(N2CCC(Nc3ccccc3F)CC2)c([N+](=O)[O-])c1. The molecule has 8 nitrogen and oxygen atoms in total. The molecule has 0 radical (unpaired) electrons. The van der Waals surface area contributed by atoms with Gasteiger partial charge in [-0.05, 0) is 44.2 Å². The molecule has 1 aliphatic rings. The van der Waals surface area contributed by atoms with E-state index in [0.29, 0.717) is 37.3 Å². The third kappa shape index (κ3) is 4.23. The number of nitro benzene ring substituents is 1. The predicted octanol–water partition coefficient (Wildman–Crippen LogP) is 2.72. The first kappa shape index (κ1) is 20.0. The fourth-order valence-electron chi connectivity index (χ4n) is 3.26. The van der Waals surface area contributed by atoms with Crippen LogP contribution < -0.4 is 14.9 Å². The largest absolute Gasteiger partial charge is 0.380 e. The number of benzene rings is 2. The lowest BCUT2D eigenvalue weighted by molar-refractivity contribution is -0.384. The van der Waals surface area contributed by atoms with Crippen LogP contribution in [0.4, 0.5) is 21.5 Å². The standard InChI is InChI=1S/C18H21FN4O4S/c1-20-28(26,27)14-6-7-17(18(12-14)23(24)25)22-10-8-13(9-11-22)21-16-5-3-2-4-15(16)19/h2-7,12-13,20-21H,8-11H2,1H3. The van der Waals surface area contributed by atoms with Crippen molar-refractivity contribution in [3.8, 4) is 0 Å². The van der Waals surface area contributed by atoms with Crippen LogP contribution in [0.25, 0.3) is 0 Å². The van der Waals surface area contributed by atoms with Crippen molar-refractivity contribution in [2.24, 2.45) is 0 Å². The molecule has 0 aromatic heterocycles. The topological polar surface area (TPSA) is 105 Å². The predicted molar refractivity (Wildman–Crippen MR) is 105 cm³/mol. The van der Waals surface area contributed by atoms with Gasteiger partial charge in [0.15, 0.2) is 0 Å². The monoisotopic (exact) mass is 408 g/mol. The van der Waals surface area contributed by atoms with Crippen molar-refractivity contribution in [3.05, 3.63) is 58.4 Å². The van der Waals surface area contributed by atoms with Crippen LogP contribution >= 0.6 is 0 Å². The van der Waals surface area contributed by atoms with E-state index >= 15 is 0 Å². The fraction of sp³-hybridized carbons (Fsp3) is 0.333. The van der Waals surface area contributed by atoms with Crippen LogP contribution in [0, 0.1) is 15.9 Å². The zero-order valence-corrected chi connectivity index (χ0v) is 16.1. The summed E-state index contributed by atoms with van der Waals surface area (Å²) in [6, 6.07) is 10.4. The van der Waals surface area contributed by atoms with E-state index in [1.54, 1.807) is 18.2 Å². The summed E-state index contributed by atoms with van der Waals surface area (Å²) in [5.41, 5.74) is 0.565. The van der Waals surface area contributed by atoms with E-state index in [1.165, 1.54) is 25.2 Å². The molecule has 3 rings (SSSR count). The number of sulfonamides is 1. The maximum absolute atomic E-state index is 13.8. The molecule has 150 valence electrons. The smallest absolute Gasteiger partial charge is 0.293 e. The second kappa shape index (κ2) is 8.11. The Balaban J connectivity index is 1.75. The highest BCUT2D eigenvalue weighted by molar-refractivity contribution is 7.89. The van der Waals surface area contributed by atoms with E-state index < -0.39 is 14.9 Å². The Kier molecular flexibility index (Phi) is 5.80. The summed E-state index contributed by atoms with van der Waals surface area (Å²) in [5.74, 6) is -0.318. The Morgan fingerprint density at radius 2 is 1.86 bits per heavy atom. The molecule has 0 saturated carbocycles. The first-order valence-electron chi connectivity index (χ1n) is 8.80. The van der Waals surface area contributed by atoms with Gasteiger partial charge in [0.25, 0.3) is 5.69 Å². The van der Waals surface area contributed by atoms with Crippen LogP contribution in [0.3, 0.4) is 0 Å².